The summed E-state index contributed by atoms with van der Waals surface area (Å²) in [4.78, 5) is 12.1. The summed E-state index contributed by atoms with van der Waals surface area (Å²) < 4.78 is 0. The predicted molar refractivity (Wildman–Crippen MR) is 67.3 cm³/mol. The minimum atomic E-state index is -0.000630. The van der Waals surface area contributed by atoms with Crippen LogP contribution in [-0.2, 0) is 4.79 Å². The van der Waals surface area contributed by atoms with Gasteiger partial charge in [-0.2, -0.15) is 0 Å². The number of benzene rings is 1. The van der Waals surface area contributed by atoms with Crippen LogP contribution in [0.1, 0.15) is 32.1 Å². The molecule has 1 saturated heterocycles. The van der Waals surface area contributed by atoms with E-state index >= 15 is 0 Å². The molecule has 1 aromatic rings. The molecular weight excluding hydrogens is 214 g/mol. The molecule has 0 atom stereocenters. The van der Waals surface area contributed by atoms with E-state index in [4.69, 9.17) is 5.73 Å². The van der Waals surface area contributed by atoms with Crippen molar-refractivity contribution < 1.29 is 4.79 Å². The normalized spacial score (nSPS) is 22.6. The molecule has 2 aliphatic rings. The lowest BCUT2D eigenvalue weighted by Crippen LogP contribution is -2.44. The zero-order valence-corrected chi connectivity index (χ0v) is 9.78. The zero-order chi connectivity index (χ0) is 11.9. The average Bonchev–Trinajstić information content (AvgIpc) is 2.88. The maximum atomic E-state index is 12.1. The Bertz CT molecular complexity index is 452. The van der Waals surface area contributed by atoms with Crippen LogP contribution in [-0.4, -0.2) is 11.4 Å². The fourth-order valence-electron chi connectivity index (χ4n) is 2.93. The number of nitrogens with one attached hydrogen (secondary N) is 1. The van der Waals surface area contributed by atoms with E-state index in [-0.39, 0.29) is 11.4 Å². The standard InChI is InChI=1S/C13H17N3O/c14-10-5-1-2-6-11(10)16-12(17)9-13(15-16)7-3-4-8-13/h1-2,5-6,15H,3-4,7-9,14H2. The lowest BCUT2D eigenvalue weighted by atomic mass is 9.96. The van der Waals surface area contributed by atoms with Crippen molar-refractivity contribution in [3.05, 3.63) is 24.3 Å². The molecule has 0 bridgehead atoms. The maximum Gasteiger partial charge on any atom is 0.243 e. The number of rotatable bonds is 1. The second-order valence-corrected chi connectivity index (χ2v) is 5.06. The minimum absolute atomic E-state index is 0.000630. The van der Waals surface area contributed by atoms with E-state index in [0.29, 0.717) is 12.1 Å². The van der Waals surface area contributed by atoms with Crippen molar-refractivity contribution in [1.82, 2.24) is 5.43 Å². The van der Waals surface area contributed by atoms with E-state index in [2.05, 4.69) is 5.43 Å². The number of hydrazine groups is 1. The third kappa shape index (κ3) is 1.69. The topological polar surface area (TPSA) is 58.4 Å². The molecule has 1 aliphatic carbocycles. The number of nitrogen functional groups attached to an aromatic ring is 1. The minimum Gasteiger partial charge on any atom is -0.397 e. The Balaban J connectivity index is 1.90. The number of nitrogens with two attached hydrogens (primary N) is 1. The van der Waals surface area contributed by atoms with E-state index in [1.54, 1.807) is 5.01 Å². The molecule has 17 heavy (non-hydrogen) atoms. The van der Waals surface area contributed by atoms with Gasteiger partial charge in [-0.15, -0.1) is 0 Å². The van der Waals surface area contributed by atoms with Crippen LogP contribution in [0.3, 0.4) is 0 Å². The molecule has 1 saturated carbocycles. The van der Waals surface area contributed by atoms with Crippen molar-refractivity contribution in [3.63, 3.8) is 0 Å². The smallest absolute Gasteiger partial charge is 0.243 e. The maximum absolute atomic E-state index is 12.1. The first-order valence-electron chi connectivity index (χ1n) is 6.16. The third-order valence-electron chi connectivity index (χ3n) is 3.83. The fraction of sp³-hybridized carbons (Fsp3) is 0.462. The van der Waals surface area contributed by atoms with Gasteiger partial charge in [-0.1, -0.05) is 25.0 Å². The summed E-state index contributed by atoms with van der Waals surface area (Å²) in [6, 6.07) is 7.49. The van der Waals surface area contributed by atoms with Crippen LogP contribution in [0, 0.1) is 0 Å². The van der Waals surface area contributed by atoms with Crippen molar-refractivity contribution >= 4 is 17.3 Å². The number of amides is 1. The molecule has 4 nitrogen and oxygen atoms in total. The summed E-state index contributed by atoms with van der Waals surface area (Å²) in [7, 11) is 0. The summed E-state index contributed by atoms with van der Waals surface area (Å²) in [5, 5.41) is 1.64. The number of hydrogen-bond acceptors (Lipinski definition) is 3. The zero-order valence-electron chi connectivity index (χ0n) is 9.78. The van der Waals surface area contributed by atoms with Crippen LogP contribution in [0.2, 0.25) is 0 Å². The largest absolute Gasteiger partial charge is 0.397 e. The Labute approximate surface area is 101 Å². The molecule has 0 aromatic heterocycles. The number of anilines is 2. The third-order valence-corrected chi connectivity index (χ3v) is 3.83. The van der Waals surface area contributed by atoms with Crippen molar-refractivity contribution in [1.29, 1.82) is 0 Å². The monoisotopic (exact) mass is 231 g/mol. The first-order valence-corrected chi connectivity index (χ1v) is 6.16. The Morgan fingerprint density at radius 3 is 2.65 bits per heavy atom. The second kappa shape index (κ2) is 3.74. The van der Waals surface area contributed by atoms with Crippen LogP contribution in [0.15, 0.2) is 24.3 Å². The summed E-state index contributed by atoms with van der Waals surface area (Å²) in [6.07, 6.45) is 5.18. The fourth-order valence-corrected chi connectivity index (χ4v) is 2.93. The lowest BCUT2D eigenvalue weighted by Gasteiger charge is -2.25. The van der Waals surface area contributed by atoms with Gasteiger partial charge in [-0.25, -0.2) is 10.4 Å². The molecule has 2 fully saturated rings. The van der Waals surface area contributed by atoms with Crippen LogP contribution < -0.4 is 16.2 Å². The van der Waals surface area contributed by atoms with E-state index in [9.17, 15) is 4.79 Å². The van der Waals surface area contributed by atoms with Gasteiger partial charge in [-0.3, -0.25) is 4.79 Å². The van der Waals surface area contributed by atoms with Crippen LogP contribution in [0.5, 0.6) is 0 Å². The number of nitrogens with zero attached hydrogens (tertiary/aromatic N) is 1. The number of carbonyl (C=O) groups is 1. The Hall–Kier alpha value is -1.55. The van der Waals surface area contributed by atoms with Crippen molar-refractivity contribution in [3.8, 4) is 0 Å². The molecule has 1 spiro atoms. The summed E-state index contributed by atoms with van der Waals surface area (Å²) in [6.45, 7) is 0. The van der Waals surface area contributed by atoms with E-state index in [1.807, 2.05) is 24.3 Å². The molecule has 90 valence electrons. The van der Waals surface area contributed by atoms with Crippen LogP contribution in [0.25, 0.3) is 0 Å². The van der Waals surface area contributed by atoms with Crippen molar-refractivity contribution in [2.45, 2.75) is 37.6 Å². The number of para-hydroxylation sites is 2. The van der Waals surface area contributed by atoms with Gasteiger partial charge in [0.15, 0.2) is 0 Å². The molecule has 4 heteroatoms. The van der Waals surface area contributed by atoms with Gasteiger partial charge in [0.05, 0.1) is 11.4 Å². The molecule has 3 rings (SSSR count). The molecule has 1 amide bonds. The molecule has 3 N–H and O–H groups in total. The van der Waals surface area contributed by atoms with Gasteiger partial charge in [0.1, 0.15) is 0 Å². The van der Waals surface area contributed by atoms with Crippen LogP contribution >= 0.6 is 0 Å². The Morgan fingerprint density at radius 2 is 1.94 bits per heavy atom. The lowest BCUT2D eigenvalue weighted by molar-refractivity contribution is -0.117. The highest BCUT2D eigenvalue weighted by atomic mass is 16.2. The quantitative estimate of drug-likeness (QED) is 0.725. The second-order valence-electron chi connectivity index (χ2n) is 5.06. The van der Waals surface area contributed by atoms with Gasteiger partial charge < -0.3 is 5.73 Å². The van der Waals surface area contributed by atoms with Crippen LogP contribution in [0.4, 0.5) is 11.4 Å². The van der Waals surface area contributed by atoms with Gasteiger partial charge in [0.25, 0.3) is 0 Å². The van der Waals surface area contributed by atoms with Gasteiger partial charge >= 0.3 is 0 Å². The van der Waals surface area contributed by atoms with E-state index in [0.717, 1.165) is 18.5 Å². The molecule has 1 heterocycles. The number of hydrogen-bond donors (Lipinski definition) is 2. The summed E-state index contributed by atoms with van der Waals surface area (Å²) >= 11 is 0. The van der Waals surface area contributed by atoms with Gasteiger partial charge in [0, 0.05) is 12.0 Å². The first-order chi connectivity index (χ1) is 8.20. The van der Waals surface area contributed by atoms with E-state index < -0.39 is 0 Å². The summed E-state index contributed by atoms with van der Waals surface area (Å²) in [5.74, 6) is 0.129. The Morgan fingerprint density at radius 1 is 1.24 bits per heavy atom. The molecular formula is C13H17N3O. The van der Waals surface area contributed by atoms with E-state index in [1.165, 1.54) is 12.8 Å². The Kier molecular flexibility index (Phi) is 2.33. The van der Waals surface area contributed by atoms with Crippen molar-refractivity contribution in [2.75, 3.05) is 10.7 Å². The highest BCUT2D eigenvalue weighted by molar-refractivity contribution is 5.98. The van der Waals surface area contributed by atoms with Gasteiger partial charge in [-0.05, 0) is 25.0 Å². The molecule has 1 aromatic carbocycles. The predicted octanol–water partition coefficient (Wildman–Crippen LogP) is 1.82. The molecule has 0 radical (unpaired) electrons. The molecule has 1 aliphatic heterocycles. The van der Waals surface area contributed by atoms with Gasteiger partial charge in [0.2, 0.25) is 5.91 Å². The summed E-state index contributed by atoms with van der Waals surface area (Å²) in [5.41, 5.74) is 10.7. The van der Waals surface area contributed by atoms with Crippen molar-refractivity contribution in [2.24, 2.45) is 0 Å². The molecule has 0 unspecified atom stereocenters. The number of carbonyl (C=O) groups excluding carboxylic acids is 1. The highest BCUT2D eigenvalue weighted by Gasteiger charge is 2.45. The SMILES string of the molecule is Nc1ccccc1N1NC2(CCCC2)CC1=O. The highest BCUT2D eigenvalue weighted by Crippen LogP contribution is 2.39. The average molecular weight is 231 g/mol. The first kappa shape index (κ1) is 10.6.